The van der Waals surface area contributed by atoms with Gasteiger partial charge in [-0.25, -0.2) is 0 Å². The van der Waals surface area contributed by atoms with E-state index >= 15 is 0 Å². The fourth-order valence-corrected chi connectivity index (χ4v) is 13.6. The fourth-order valence-electron chi connectivity index (χ4n) is 12.5. The first-order valence-electron chi connectivity index (χ1n) is 22.3. The maximum absolute atomic E-state index is 14.9. The van der Waals surface area contributed by atoms with E-state index in [9.17, 15) is 4.79 Å². The number of hydrogen-bond acceptors (Lipinski definition) is 2. The molecule has 0 saturated heterocycles. The molecule has 0 fully saturated rings. The van der Waals surface area contributed by atoms with E-state index in [1.54, 1.807) is 11.3 Å². The zero-order valence-corrected chi connectivity index (χ0v) is 36.2. The standard InChI is InChI=1S/C63H38OS/c1-3-41-42-15-5-10-20-52(42)62(51(41)4-2)53-21-11-8-18-45(53)47-29-25-39(35-57(47)62)37-27-31-59-49(33-37)61(64)50-34-38(28-32-60(50)65-59)40-26-30-48-46-19-9-14-24-56(46)63(58(48)36-40)54-22-12-6-16-43(54)44-17-7-13-23-55(44)63/h3-36H,1-2H2. The highest BCUT2D eigenvalue weighted by molar-refractivity contribution is 7.24. The molecule has 1 heterocycles. The van der Waals surface area contributed by atoms with Crippen molar-refractivity contribution in [3.05, 3.63) is 280 Å². The van der Waals surface area contributed by atoms with Gasteiger partial charge in [0.25, 0.3) is 0 Å². The van der Waals surface area contributed by atoms with Crippen molar-refractivity contribution in [1.29, 1.82) is 0 Å². The summed E-state index contributed by atoms with van der Waals surface area (Å²) in [6, 6.07) is 70.9. The summed E-state index contributed by atoms with van der Waals surface area (Å²) in [5.41, 5.74) is 23.4. The zero-order valence-electron chi connectivity index (χ0n) is 35.4. The highest BCUT2D eigenvalue weighted by Crippen LogP contribution is 2.64. The lowest BCUT2D eigenvalue weighted by Gasteiger charge is -2.31. The Morgan fingerprint density at radius 2 is 0.708 bits per heavy atom. The van der Waals surface area contributed by atoms with Crippen LogP contribution >= 0.6 is 11.3 Å². The van der Waals surface area contributed by atoms with Gasteiger partial charge in [0.2, 0.25) is 0 Å². The van der Waals surface area contributed by atoms with Gasteiger partial charge in [-0.05, 0) is 148 Å². The zero-order chi connectivity index (χ0) is 43.2. The van der Waals surface area contributed by atoms with E-state index in [2.05, 4.69) is 207 Å². The van der Waals surface area contributed by atoms with E-state index in [4.69, 9.17) is 0 Å². The van der Waals surface area contributed by atoms with Crippen molar-refractivity contribution in [3.8, 4) is 55.6 Å². The van der Waals surface area contributed by atoms with Gasteiger partial charge >= 0.3 is 0 Å². The van der Waals surface area contributed by atoms with Crippen LogP contribution in [0.25, 0.3) is 81.4 Å². The predicted molar refractivity (Wildman–Crippen MR) is 272 cm³/mol. The first-order chi connectivity index (χ1) is 32.0. The van der Waals surface area contributed by atoms with E-state index in [0.717, 1.165) is 53.6 Å². The molecule has 0 radical (unpaired) electrons. The molecule has 1 aromatic heterocycles. The molecule has 1 atom stereocenters. The normalized spacial score (nSPS) is 16.3. The topological polar surface area (TPSA) is 17.1 Å². The van der Waals surface area contributed by atoms with E-state index in [1.165, 1.54) is 77.9 Å². The third kappa shape index (κ3) is 4.49. The minimum Gasteiger partial charge on any atom is -0.289 e. The summed E-state index contributed by atoms with van der Waals surface area (Å²) < 4.78 is 1.97. The van der Waals surface area contributed by atoms with Crippen LogP contribution in [0, 0.1) is 0 Å². The number of benzene rings is 9. The van der Waals surface area contributed by atoms with Gasteiger partial charge in [0.1, 0.15) is 0 Å². The molecule has 1 unspecified atom stereocenters. The molecular formula is C63H38OS. The molecule has 10 aromatic rings. The molecule has 2 spiro atoms. The van der Waals surface area contributed by atoms with Crippen molar-refractivity contribution >= 4 is 37.1 Å². The van der Waals surface area contributed by atoms with Crippen LogP contribution in [0.3, 0.4) is 0 Å². The highest BCUT2D eigenvalue weighted by Gasteiger charge is 2.53. The first kappa shape index (κ1) is 36.6. The number of allylic oxidation sites excluding steroid dienone is 4. The number of rotatable bonds is 4. The summed E-state index contributed by atoms with van der Waals surface area (Å²) in [4.78, 5) is 14.9. The van der Waals surface area contributed by atoms with Crippen LogP contribution < -0.4 is 5.43 Å². The Balaban J connectivity index is 0.919. The Hall–Kier alpha value is -7.91. The van der Waals surface area contributed by atoms with Gasteiger partial charge in [-0.2, -0.15) is 0 Å². The lowest BCUT2D eigenvalue weighted by Crippen LogP contribution is -2.26. The van der Waals surface area contributed by atoms with E-state index in [-0.39, 0.29) is 5.43 Å². The third-order valence-electron chi connectivity index (χ3n) is 15.1. The first-order valence-corrected chi connectivity index (χ1v) is 23.2. The average Bonchev–Trinajstić information content (AvgIpc) is 4.04. The summed E-state index contributed by atoms with van der Waals surface area (Å²) in [6.07, 6.45) is 4.02. The lowest BCUT2D eigenvalue weighted by atomic mass is 9.69. The number of hydrogen-bond donors (Lipinski definition) is 0. The lowest BCUT2D eigenvalue weighted by molar-refractivity contribution is 0.787. The van der Waals surface area contributed by atoms with E-state index in [0.29, 0.717) is 0 Å². The smallest absolute Gasteiger partial charge is 0.195 e. The van der Waals surface area contributed by atoms with Crippen molar-refractivity contribution in [3.63, 3.8) is 0 Å². The van der Waals surface area contributed by atoms with E-state index in [1.807, 2.05) is 12.2 Å². The van der Waals surface area contributed by atoms with Gasteiger partial charge in [0, 0.05) is 20.2 Å². The molecule has 0 bridgehead atoms. The molecule has 4 aliphatic rings. The van der Waals surface area contributed by atoms with Crippen molar-refractivity contribution in [2.24, 2.45) is 0 Å². The summed E-state index contributed by atoms with van der Waals surface area (Å²) in [5.74, 6) is 0. The summed E-state index contributed by atoms with van der Waals surface area (Å²) in [5, 5.41) is 1.49. The molecule has 14 rings (SSSR count). The molecule has 4 aliphatic carbocycles. The molecular weight excluding hydrogens is 805 g/mol. The molecule has 2 heteroatoms. The van der Waals surface area contributed by atoms with Crippen LogP contribution in [0.1, 0.15) is 44.5 Å². The Bertz CT molecular complexity index is 3850. The second-order valence-corrected chi connectivity index (χ2v) is 18.9. The Morgan fingerprint density at radius 3 is 1.15 bits per heavy atom. The van der Waals surface area contributed by atoms with Gasteiger partial charge in [0.15, 0.2) is 5.43 Å². The second kappa shape index (κ2) is 13.1. The number of fused-ring (bicyclic) bond motifs is 19. The van der Waals surface area contributed by atoms with Crippen LogP contribution in [-0.4, -0.2) is 0 Å². The van der Waals surface area contributed by atoms with Crippen molar-refractivity contribution in [2.75, 3.05) is 0 Å². The summed E-state index contributed by atoms with van der Waals surface area (Å²) in [7, 11) is 0. The largest absolute Gasteiger partial charge is 0.289 e. The predicted octanol–water partition coefficient (Wildman–Crippen LogP) is 15.5. The fraction of sp³-hybridized carbons (Fsp3) is 0.0317. The van der Waals surface area contributed by atoms with Gasteiger partial charge in [-0.15, -0.1) is 11.3 Å². The maximum atomic E-state index is 14.9. The van der Waals surface area contributed by atoms with Gasteiger partial charge in [-0.1, -0.05) is 183 Å². The molecule has 0 saturated carbocycles. The van der Waals surface area contributed by atoms with Crippen molar-refractivity contribution in [1.82, 2.24) is 0 Å². The van der Waals surface area contributed by atoms with E-state index < -0.39 is 10.8 Å². The summed E-state index contributed by atoms with van der Waals surface area (Å²) >= 11 is 1.68. The van der Waals surface area contributed by atoms with Gasteiger partial charge in [0.05, 0.1) is 10.8 Å². The van der Waals surface area contributed by atoms with Crippen LogP contribution in [0.15, 0.2) is 230 Å². The second-order valence-electron chi connectivity index (χ2n) is 17.8. The van der Waals surface area contributed by atoms with Crippen LogP contribution in [0.4, 0.5) is 0 Å². The maximum Gasteiger partial charge on any atom is 0.195 e. The molecule has 1 nitrogen and oxygen atoms in total. The average molecular weight is 843 g/mol. The SMILES string of the molecule is C=CC1=C(C=C)C2(c3ccccc31)c1ccccc1-c1ccc(-c3ccc4sc5ccc(-c6ccc7c(c6)C6(c8ccccc8-c8ccccc86)c6ccccc6-7)cc5c(=O)c4c3)cc12. The summed E-state index contributed by atoms with van der Waals surface area (Å²) in [6.45, 7) is 8.65. The third-order valence-corrected chi connectivity index (χ3v) is 16.3. The van der Waals surface area contributed by atoms with Crippen LogP contribution in [-0.2, 0) is 10.8 Å². The molecule has 9 aromatic carbocycles. The van der Waals surface area contributed by atoms with Crippen molar-refractivity contribution in [2.45, 2.75) is 10.8 Å². The molecule has 0 N–H and O–H groups in total. The Morgan fingerprint density at radius 1 is 0.354 bits per heavy atom. The minimum atomic E-state index is -0.524. The Labute approximate surface area is 381 Å². The van der Waals surface area contributed by atoms with Gasteiger partial charge < -0.3 is 0 Å². The molecule has 65 heavy (non-hydrogen) atoms. The Kier molecular flexibility index (Phi) is 7.36. The molecule has 0 aliphatic heterocycles. The minimum absolute atomic E-state index is 0.0587. The molecule has 302 valence electrons. The molecule has 0 amide bonds. The van der Waals surface area contributed by atoms with Gasteiger partial charge in [-0.3, -0.25) is 4.79 Å². The quantitative estimate of drug-likeness (QED) is 0.161. The van der Waals surface area contributed by atoms with Crippen LogP contribution in [0.2, 0.25) is 0 Å². The van der Waals surface area contributed by atoms with Crippen LogP contribution in [0.5, 0.6) is 0 Å². The monoisotopic (exact) mass is 842 g/mol. The highest BCUT2D eigenvalue weighted by atomic mass is 32.1. The van der Waals surface area contributed by atoms with Crippen molar-refractivity contribution < 1.29 is 0 Å².